The second-order valence-electron chi connectivity index (χ2n) is 2.06. The summed E-state index contributed by atoms with van der Waals surface area (Å²) < 4.78 is 10.1. The molecule has 0 radical (unpaired) electrons. The molecule has 0 aromatic carbocycles. The van der Waals surface area contributed by atoms with Crippen molar-refractivity contribution < 1.29 is 9.47 Å². The van der Waals surface area contributed by atoms with Gasteiger partial charge in [0, 0.05) is 7.11 Å². The summed E-state index contributed by atoms with van der Waals surface area (Å²) in [7, 11) is 1.69. The van der Waals surface area contributed by atoms with Gasteiger partial charge >= 0.3 is 0 Å². The Labute approximate surface area is 49.8 Å². The maximum atomic E-state index is 5.27. The van der Waals surface area contributed by atoms with E-state index < -0.39 is 0 Å². The standard InChI is InChI=1S/C6H12O2/c1-7-4-5-8-6-2-3-6/h6H,2-5H2,1H3. The maximum absolute atomic E-state index is 5.27. The molecular weight excluding hydrogens is 104 g/mol. The van der Waals surface area contributed by atoms with Gasteiger partial charge in [-0.3, -0.25) is 0 Å². The Balaban J connectivity index is 1.74. The number of methoxy groups -OCH3 is 1. The second kappa shape index (κ2) is 3.05. The molecule has 1 aliphatic rings. The fourth-order valence-corrected chi connectivity index (χ4v) is 0.533. The molecule has 0 N–H and O–H groups in total. The minimum Gasteiger partial charge on any atom is -0.382 e. The lowest BCUT2D eigenvalue weighted by molar-refractivity contribution is 0.0611. The number of rotatable bonds is 4. The molecule has 0 spiro atoms. The Morgan fingerprint density at radius 3 is 2.62 bits per heavy atom. The summed E-state index contributed by atoms with van der Waals surface area (Å²) in [4.78, 5) is 0. The number of hydrogen-bond donors (Lipinski definition) is 0. The molecule has 8 heavy (non-hydrogen) atoms. The van der Waals surface area contributed by atoms with Gasteiger partial charge in [0.05, 0.1) is 19.3 Å². The van der Waals surface area contributed by atoms with Crippen molar-refractivity contribution in [3.8, 4) is 0 Å². The van der Waals surface area contributed by atoms with Crippen molar-refractivity contribution in [2.24, 2.45) is 0 Å². The highest BCUT2D eigenvalue weighted by Crippen LogP contribution is 2.22. The van der Waals surface area contributed by atoms with E-state index in [0.29, 0.717) is 6.10 Å². The van der Waals surface area contributed by atoms with E-state index in [4.69, 9.17) is 9.47 Å². The first-order valence-corrected chi connectivity index (χ1v) is 3.04. The Morgan fingerprint density at radius 1 is 1.38 bits per heavy atom. The van der Waals surface area contributed by atoms with Gasteiger partial charge in [-0.15, -0.1) is 0 Å². The van der Waals surface area contributed by atoms with Crippen molar-refractivity contribution >= 4 is 0 Å². The van der Waals surface area contributed by atoms with Crippen LogP contribution < -0.4 is 0 Å². The van der Waals surface area contributed by atoms with Gasteiger partial charge in [0.1, 0.15) is 0 Å². The van der Waals surface area contributed by atoms with Crippen molar-refractivity contribution in [2.75, 3.05) is 20.3 Å². The lowest BCUT2D eigenvalue weighted by Gasteiger charge is -1.97. The van der Waals surface area contributed by atoms with Crippen LogP contribution >= 0.6 is 0 Å². The largest absolute Gasteiger partial charge is 0.382 e. The molecule has 0 atom stereocenters. The van der Waals surface area contributed by atoms with Crippen LogP contribution in [0.15, 0.2) is 0 Å². The third-order valence-electron chi connectivity index (χ3n) is 1.17. The van der Waals surface area contributed by atoms with Gasteiger partial charge in [0.25, 0.3) is 0 Å². The van der Waals surface area contributed by atoms with E-state index >= 15 is 0 Å². The van der Waals surface area contributed by atoms with Gasteiger partial charge in [0.2, 0.25) is 0 Å². The van der Waals surface area contributed by atoms with Gasteiger partial charge < -0.3 is 9.47 Å². The lowest BCUT2D eigenvalue weighted by Crippen LogP contribution is -2.02. The van der Waals surface area contributed by atoms with Gasteiger partial charge in [-0.05, 0) is 12.8 Å². The van der Waals surface area contributed by atoms with E-state index in [2.05, 4.69) is 0 Å². The van der Waals surface area contributed by atoms with Crippen molar-refractivity contribution in [2.45, 2.75) is 18.9 Å². The van der Waals surface area contributed by atoms with E-state index in [1.54, 1.807) is 7.11 Å². The molecular formula is C6H12O2. The van der Waals surface area contributed by atoms with E-state index in [9.17, 15) is 0 Å². The summed E-state index contributed by atoms with van der Waals surface area (Å²) in [6.45, 7) is 1.50. The topological polar surface area (TPSA) is 18.5 Å². The predicted octanol–water partition coefficient (Wildman–Crippen LogP) is 0.812. The second-order valence-corrected chi connectivity index (χ2v) is 2.06. The SMILES string of the molecule is COCCOC1CC1. The molecule has 48 valence electrons. The Bertz CT molecular complexity index is 59.5. The van der Waals surface area contributed by atoms with Crippen LogP contribution in [0.3, 0.4) is 0 Å². The molecule has 0 bridgehead atoms. The zero-order valence-corrected chi connectivity index (χ0v) is 5.22. The van der Waals surface area contributed by atoms with E-state index in [0.717, 1.165) is 13.2 Å². The lowest BCUT2D eigenvalue weighted by atomic mass is 10.7. The molecule has 0 heterocycles. The number of hydrogen-bond acceptors (Lipinski definition) is 2. The van der Waals surface area contributed by atoms with Crippen LogP contribution in [0, 0.1) is 0 Å². The summed E-state index contributed by atoms with van der Waals surface area (Å²) in [6.07, 6.45) is 3.08. The van der Waals surface area contributed by atoms with Gasteiger partial charge in [-0.2, -0.15) is 0 Å². The first kappa shape index (κ1) is 6.05. The average molecular weight is 116 g/mol. The Kier molecular flexibility index (Phi) is 2.30. The molecule has 0 saturated heterocycles. The average Bonchev–Trinajstić information content (AvgIpc) is 2.51. The van der Waals surface area contributed by atoms with Crippen LogP contribution in [-0.2, 0) is 9.47 Å². The fraction of sp³-hybridized carbons (Fsp3) is 1.00. The summed E-state index contributed by atoms with van der Waals surface area (Å²) in [5, 5.41) is 0. The molecule has 1 saturated carbocycles. The Hall–Kier alpha value is -0.0800. The van der Waals surface area contributed by atoms with Crippen LogP contribution in [-0.4, -0.2) is 26.4 Å². The molecule has 1 aliphatic carbocycles. The smallest absolute Gasteiger partial charge is 0.0704 e. The summed E-state index contributed by atoms with van der Waals surface area (Å²) in [5.41, 5.74) is 0. The first-order chi connectivity index (χ1) is 3.93. The molecule has 2 heteroatoms. The molecule has 0 unspecified atom stereocenters. The van der Waals surface area contributed by atoms with Crippen molar-refractivity contribution in [3.63, 3.8) is 0 Å². The van der Waals surface area contributed by atoms with Gasteiger partial charge in [-0.25, -0.2) is 0 Å². The highest BCUT2D eigenvalue weighted by molar-refractivity contribution is 4.72. The molecule has 0 aliphatic heterocycles. The number of ether oxygens (including phenoxy) is 2. The van der Waals surface area contributed by atoms with Crippen molar-refractivity contribution in [3.05, 3.63) is 0 Å². The minimum absolute atomic E-state index is 0.574. The molecule has 0 aromatic rings. The third kappa shape index (κ3) is 2.28. The van der Waals surface area contributed by atoms with Gasteiger partial charge in [-0.1, -0.05) is 0 Å². The molecule has 2 nitrogen and oxygen atoms in total. The van der Waals surface area contributed by atoms with Crippen LogP contribution in [0.4, 0.5) is 0 Å². The van der Waals surface area contributed by atoms with E-state index in [-0.39, 0.29) is 0 Å². The predicted molar refractivity (Wildman–Crippen MR) is 30.8 cm³/mol. The fourth-order valence-electron chi connectivity index (χ4n) is 0.533. The zero-order chi connectivity index (χ0) is 5.82. The summed E-state index contributed by atoms with van der Waals surface area (Å²) >= 11 is 0. The van der Waals surface area contributed by atoms with Crippen LogP contribution in [0.25, 0.3) is 0 Å². The van der Waals surface area contributed by atoms with Crippen molar-refractivity contribution in [1.29, 1.82) is 0 Å². The minimum atomic E-state index is 0.574. The quantitative estimate of drug-likeness (QED) is 0.506. The highest BCUT2D eigenvalue weighted by atomic mass is 16.5. The monoisotopic (exact) mass is 116 g/mol. The molecule has 0 amide bonds. The Morgan fingerprint density at radius 2 is 2.12 bits per heavy atom. The van der Waals surface area contributed by atoms with Crippen LogP contribution in [0.5, 0.6) is 0 Å². The van der Waals surface area contributed by atoms with Crippen LogP contribution in [0.1, 0.15) is 12.8 Å². The highest BCUT2D eigenvalue weighted by Gasteiger charge is 2.21. The maximum Gasteiger partial charge on any atom is 0.0704 e. The summed E-state index contributed by atoms with van der Waals surface area (Å²) in [6, 6.07) is 0. The molecule has 0 aromatic heterocycles. The van der Waals surface area contributed by atoms with Crippen LogP contribution in [0.2, 0.25) is 0 Å². The van der Waals surface area contributed by atoms with Crippen molar-refractivity contribution in [1.82, 2.24) is 0 Å². The van der Waals surface area contributed by atoms with E-state index in [1.165, 1.54) is 12.8 Å². The molecule has 1 rings (SSSR count). The third-order valence-corrected chi connectivity index (χ3v) is 1.17. The van der Waals surface area contributed by atoms with Gasteiger partial charge in [0.15, 0.2) is 0 Å². The summed E-state index contributed by atoms with van der Waals surface area (Å²) in [5.74, 6) is 0. The first-order valence-electron chi connectivity index (χ1n) is 3.04. The molecule has 1 fully saturated rings. The zero-order valence-electron chi connectivity index (χ0n) is 5.22. The van der Waals surface area contributed by atoms with E-state index in [1.807, 2.05) is 0 Å². The normalized spacial score (nSPS) is 19.1.